The average molecular weight is 561 g/mol. The molecule has 0 spiro atoms. The second-order valence-corrected chi connectivity index (χ2v) is 15.9. The van der Waals surface area contributed by atoms with Crippen molar-refractivity contribution in [2.24, 2.45) is 45.5 Å². The van der Waals surface area contributed by atoms with Crippen LogP contribution >= 0.6 is 23.5 Å². The first-order valence-electron chi connectivity index (χ1n) is 15.3. The number of amidine groups is 2. The van der Waals surface area contributed by atoms with Crippen molar-refractivity contribution in [1.82, 2.24) is 10.6 Å². The van der Waals surface area contributed by atoms with Crippen LogP contribution in [-0.2, 0) is 9.59 Å². The standard InChI is InChI=1S/2C15H24N2OS/c2*1-4-15(9(2)3)13(18)17-14(19-15)16-12-8-10-5-6-11(12)7-10/h2*9-12H,4-8H2,1-3H3,(H,16,17,18)/t10-,11+,12+,15+;10-,11+,12+,15-/m11/s1. The molecule has 0 aromatic rings. The van der Waals surface area contributed by atoms with Crippen molar-refractivity contribution in [3.05, 3.63) is 0 Å². The molecule has 6 rings (SSSR count). The molecule has 0 unspecified atom stereocenters. The molecular weight excluding hydrogens is 512 g/mol. The zero-order valence-corrected chi connectivity index (χ0v) is 25.9. The Hall–Kier alpha value is -1.02. The van der Waals surface area contributed by atoms with Crippen LogP contribution in [0, 0.1) is 35.5 Å². The van der Waals surface area contributed by atoms with Gasteiger partial charge in [0.15, 0.2) is 10.3 Å². The highest BCUT2D eigenvalue weighted by molar-refractivity contribution is 8.16. The van der Waals surface area contributed by atoms with Crippen molar-refractivity contribution in [3.8, 4) is 0 Å². The molecular formula is C30H48N4O2S2. The van der Waals surface area contributed by atoms with Gasteiger partial charge in [-0.2, -0.15) is 0 Å². The van der Waals surface area contributed by atoms with E-state index >= 15 is 0 Å². The van der Waals surface area contributed by atoms with E-state index in [1.54, 1.807) is 23.5 Å². The van der Waals surface area contributed by atoms with Crippen molar-refractivity contribution in [2.75, 3.05) is 0 Å². The highest BCUT2D eigenvalue weighted by atomic mass is 32.2. The Bertz CT molecular complexity index is 919. The summed E-state index contributed by atoms with van der Waals surface area (Å²) in [6.07, 6.45) is 12.4. The van der Waals surface area contributed by atoms with Crippen molar-refractivity contribution >= 4 is 45.7 Å². The van der Waals surface area contributed by atoms with Crippen LogP contribution in [0.1, 0.15) is 106 Å². The molecule has 2 N–H and O–H groups in total. The molecule has 4 aliphatic carbocycles. The normalized spacial score (nSPS) is 43.5. The summed E-state index contributed by atoms with van der Waals surface area (Å²) in [4.78, 5) is 34.4. The minimum atomic E-state index is -0.295. The van der Waals surface area contributed by atoms with Crippen molar-refractivity contribution in [2.45, 2.75) is 127 Å². The molecule has 2 amide bonds. The van der Waals surface area contributed by atoms with Gasteiger partial charge in [0.05, 0.1) is 12.1 Å². The Morgan fingerprint density at radius 1 is 0.711 bits per heavy atom. The largest absolute Gasteiger partial charge is 0.304 e. The van der Waals surface area contributed by atoms with Gasteiger partial charge in [0.2, 0.25) is 11.8 Å². The maximum Gasteiger partial charge on any atom is 0.242 e. The van der Waals surface area contributed by atoms with E-state index < -0.39 is 0 Å². The van der Waals surface area contributed by atoms with Gasteiger partial charge in [0.25, 0.3) is 0 Å². The Morgan fingerprint density at radius 2 is 1.11 bits per heavy atom. The van der Waals surface area contributed by atoms with E-state index in [4.69, 9.17) is 9.98 Å². The second-order valence-electron chi connectivity index (χ2n) is 13.3. The van der Waals surface area contributed by atoms with Crippen LogP contribution in [0.25, 0.3) is 0 Å². The Morgan fingerprint density at radius 3 is 1.34 bits per heavy atom. The molecule has 8 atom stereocenters. The van der Waals surface area contributed by atoms with Crippen LogP contribution in [0.5, 0.6) is 0 Å². The Balaban J connectivity index is 0.000000155. The lowest BCUT2D eigenvalue weighted by Gasteiger charge is -2.27. The number of amides is 2. The molecule has 6 fully saturated rings. The molecule has 4 saturated carbocycles. The van der Waals surface area contributed by atoms with Crippen molar-refractivity contribution in [1.29, 1.82) is 0 Å². The first kappa shape index (κ1) is 28.5. The molecule has 0 aromatic carbocycles. The lowest BCUT2D eigenvalue weighted by atomic mass is 9.91. The summed E-state index contributed by atoms with van der Waals surface area (Å²) in [7, 11) is 0. The first-order valence-corrected chi connectivity index (χ1v) is 16.9. The highest BCUT2D eigenvalue weighted by Crippen LogP contribution is 2.49. The molecule has 6 nitrogen and oxygen atoms in total. The van der Waals surface area contributed by atoms with Crippen LogP contribution in [0.4, 0.5) is 0 Å². The van der Waals surface area contributed by atoms with Crippen LogP contribution in [0.2, 0.25) is 0 Å². The first-order chi connectivity index (χ1) is 18.1. The molecule has 6 aliphatic rings. The molecule has 0 aromatic heterocycles. The summed E-state index contributed by atoms with van der Waals surface area (Å²) >= 11 is 3.36. The van der Waals surface area contributed by atoms with Crippen LogP contribution in [0.15, 0.2) is 9.98 Å². The Kier molecular flexibility index (Phi) is 8.33. The minimum Gasteiger partial charge on any atom is -0.304 e. The highest BCUT2D eigenvalue weighted by Gasteiger charge is 2.50. The van der Waals surface area contributed by atoms with E-state index in [0.29, 0.717) is 23.9 Å². The Labute approximate surface area is 238 Å². The number of carbonyl (C=O) groups is 2. The smallest absolute Gasteiger partial charge is 0.242 e. The predicted octanol–water partition coefficient (Wildman–Crippen LogP) is 6.40. The lowest BCUT2D eigenvalue weighted by molar-refractivity contribution is -0.123. The van der Waals surface area contributed by atoms with Crippen LogP contribution in [-0.4, -0.2) is 43.7 Å². The van der Waals surface area contributed by atoms with Gasteiger partial charge in [0.1, 0.15) is 9.49 Å². The molecule has 2 saturated heterocycles. The summed E-state index contributed by atoms with van der Waals surface area (Å²) in [5.41, 5.74) is 0. The summed E-state index contributed by atoms with van der Waals surface area (Å²) < 4.78 is -0.590. The summed E-state index contributed by atoms with van der Waals surface area (Å²) in [5, 5.41) is 7.85. The van der Waals surface area contributed by atoms with Gasteiger partial charge in [-0.15, -0.1) is 0 Å². The molecule has 212 valence electrons. The van der Waals surface area contributed by atoms with Gasteiger partial charge >= 0.3 is 0 Å². The second kappa shape index (κ2) is 11.1. The van der Waals surface area contributed by atoms with E-state index in [1.807, 2.05) is 0 Å². The fraction of sp³-hybridized carbons (Fsp3) is 0.867. The third-order valence-corrected chi connectivity index (χ3v) is 14.1. The number of rotatable bonds is 6. The van der Waals surface area contributed by atoms with E-state index in [0.717, 1.165) is 46.8 Å². The van der Waals surface area contributed by atoms with Crippen molar-refractivity contribution < 1.29 is 9.59 Å². The van der Waals surface area contributed by atoms with Gasteiger partial charge in [0, 0.05) is 0 Å². The quantitative estimate of drug-likeness (QED) is 0.394. The van der Waals surface area contributed by atoms with E-state index in [1.165, 1.54) is 51.4 Å². The number of nitrogens with zero attached hydrogens (tertiary/aromatic N) is 2. The zero-order valence-electron chi connectivity index (χ0n) is 24.2. The van der Waals surface area contributed by atoms with E-state index in [2.05, 4.69) is 52.2 Å². The van der Waals surface area contributed by atoms with Gasteiger partial charge < -0.3 is 10.6 Å². The fourth-order valence-electron chi connectivity index (χ4n) is 8.09. The van der Waals surface area contributed by atoms with E-state index in [-0.39, 0.29) is 21.3 Å². The predicted molar refractivity (Wildman–Crippen MR) is 161 cm³/mol. The number of hydrogen-bond acceptors (Lipinski definition) is 6. The average Bonchev–Trinajstić information content (AvgIpc) is 3.71. The molecule has 8 heteroatoms. The minimum absolute atomic E-state index is 0.164. The summed E-state index contributed by atoms with van der Waals surface area (Å²) in [6, 6.07) is 0.947. The van der Waals surface area contributed by atoms with Gasteiger partial charge in [-0.25, -0.2) is 0 Å². The number of fused-ring (bicyclic) bond motifs is 4. The van der Waals surface area contributed by atoms with Crippen molar-refractivity contribution in [3.63, 3.8) is 0 Å². The molecule has 2 aliphatic heterocycles. The summed E-state index contributed by atoms with van der Waals surface area (Å²) in [6.45, 7) is 12.8. The molecule has 0 radical (unpaired) electrons. The van der Waals surface area contributed by atoms with E-state index in [9.17, 15) is 9.59 Å². The SMILES string of the molecule is CC[C@@]1(C(C)C)SC(=N[C@H]2C[C@@H]3CC[C@H]2C3)NC1=O.CC[C@]1(C(C)C)SC(=N[C@H]2C[C@@H]3CC[C@H]2C3)NC1=O. The molecule has 2 heterocycles. The van der Waals surface area contributed by atoms with Gasteiger partial charge in [-0.1, -0.05) is 77.9 Å². The number of thioether (sulfide) groups is 2. The lowest BCUT2D eigenvalue weighted by Crippen LogP contribution is -2.40. The van der Waals surface area contributed by atoms with Gasteiger partial charge in [-0.05, 0) is 86.9 Å². The van der Waals surface area contributed by atoms with Gasteiger partial charge in [-0.3, -0.25) is 19.6 Å². The maximum atomic E-state index is 12.3. The molecule has 38 heavy (non-hydrogen) atoms. The third kappa shape index (κ3) is 5.10. The maximum absolute atomic E-state index is 12.3. The third-order valence-electron chi connectivity index (χ3n) is 10.7. The summed E-state index contributed by atoms with van der Waals surface area (Å²) in [5.74, 6) is 4.39. The van der Waals surface area contributed by atoms with Crippen LogP contribution in [0.3, 0.4) is 0 Å². The zero-order chi connectivity index (χ0) is 27.2. The number of carbonyl (C=O) groups excluding carboxylic acids is 2. The van der Waals surface area contributed by atoms with Crippen LogP contribution < -0.4 is 10.6 Å². The monoisotopic (exact) mass is 560 g/mol. The number of nitrogens with one attached hydrogen (secondary N) is 2. The number of aliphatic imine (C=N–C) groups is 2. The topological polar surface area (TPSA) is 82.9 Å². The number of hydrogen-bond donors (Lipinski definition) is 2. The fourth-order valence-corrected chi connectivity index (χ4v) is 10.5. The molecule has 4 bridgehead atoms.